The maximum Gasteiger partial charge on any atom is 0.140 e. The van der Waals surface area contributed by atoms with Gasteiger partial charge in [-0.3, -0.25) is 4.79 Å². The molecule has 2 heteroatoms. The molecule has 0 bridgehead atoms. The van der Waals surface area contributed by atoms with Crippen LogP contribution in [0, 0.1) is 11.8 Å². The monoisotopic (exact) mass is 264 g/mol. The molecule has 1 aliphatic carbocycles. The number of rotatable bonds is 6. The molecule has 0 aliphatic heterocycles. The molecule has 1 fully saturated rings. The Labute approximate surface area is 115 Å². The standard InChI is InChI=1S/C16H24OS/c1-2-3-4-13-5-7-15(8-6-13)16(17)11-14-9-10-18-12-14/h9-10,12-13,15H,2-8,11H2,1H3. The van der Waals surface area contributed by atoms with Crippen LogP contribution in [0.25, 0.3) is 0 Å². The van der Waals surface area contributed by atoms with Gasteiger partial charge in [-0.2, -0.15) is 11.3 Å². The minimum Gasteiger partial charge on any atom is -0.299 e. The summed E-state index contributed by atoms with van der Waals surface area (Å²) in [4.78, 5) is 12.2. The second kappa shape index (κ2) is 7.08. The Morgan fingerprint density at radius 2 is 2.11 bits per heavy atom. The molecule has 0 N–H and O–H groups in total. The molecule has 1 aromatic rings. The third-order valence-electron chi connectivity index (χ3n) is 4.23. The lowest BCUT2D eigenvalue weighted by atomic mass is 9.77. The second-order valence-corrected chi connectivity index (χ2v) is 6.41. The molecule has 0 aromatic carbocycles. The summed E-state index contributed by atoms with van der Waals surface area (Å²) in [6.07, 6.45) is 9.53. The van der Waals surface area contributed by atoms with Crippen LogP contribution in [-0.2, 0) is 11.2 Å². The SMILES string of the molecule is CCCCC1CCC(C(=O)Cc2ccsc2)CC1. The Morgan fingerprint density at radius 1 is 1.33 bits per heavy atom. The Bertz CT molecular complexity index is 347. The molecule has 1 aromatic heterocycles. The first-order valence-corrected chi connectivity index (χ1v) is 8.27. The molecule has 1 aliphatic rings. The van der Waals surface area contributed by atoms with E-state index in [0.29, 0.717) is 18.1 Å². The molecule has 1 saturated carbocycles. The largest absolute Gasteiger partial charge is 0.299 e. The minimum atomic E-state index is 0.350. The predicted molar refractivity (Wildman–Crippen MR) is 78.0 cm³/mol. The van der Waals surface area contributed by atoms with E-state index in [1.54, 1.807) is 11.3 Å². The number of hydrogen-bond acceptors (Lipinski definition) is 2. The van der Waals surface area contributed by atoms with Crippen molar-refractivity contribution in [3.8, 4) is 0 Å². The Morgan fingerprint density at radius 3 is 2.72 bits per heavy atom. The molecule has 0 amide bonds. The van der Waals surface area contributed by atoms with Gasteiger partial charge in [-0.25, -0.2) is 0 Å². The molecule has 18 heavy (non-hydrogen) atoms. The highest BCUT2D eigenvalue weighted by molar-refractivity contribution is 7.07. The van der Waals surface area contributed by atoms with Gasteiger partial charge in [0.1, 0.15) is 5.78 Å². The first kappa shape index (κ1) is 13.8. The van der Waals surface area contributed by atoms with E-state index in [2.05, 4.69) is 23.8 Å². The van der Waals surface area contributed by atoms with E-state index < -0.39 is 0 Å². The van der Waals surface area contributed by atoms with E-state index in [1.165, 1.54) is 37.7 Å². The zero-order valence-corrected chi connectivity index (χ0v) is 12.2. The van der Waals surface area contributed by atoms with Gasteiger partial charge in [-0.05, 0) is 54.0 Å². The molecule has 0 radical (unpaired) electrons. The van der Waals surface area contributed by atoms with Crippen molar-refractivity contribution >= 4 is 17.1 Å². The maximum absolute atomic E-state index is 12.2. The smallest absolute Gasteiger partial charge is 0.140 e. The number of unbranched alkanes of at least 4 members (excludes halogenated alkanes) is 1. The van der Waals surface area contributed by atoms with Gasteiger partial charge < -0.3 is 0 Å². The van der Waals surface area contributed by atoms with Crippen LogP contribution in [0.3, 0.4) is 0 Å². The number of hydrogen-bond donors (Lipinski definition) is 0. The van der Waals surface area contributed by atoms with Crippen LogP contribution >= 0.6 is 11.3 Å². The zero-order valence-electron chi connectivity index (χ0n) is 11.4. The van der Waals surface area contributed by atoms with Crippen molar-refractivity contribution in [1.82, 2.24) is 0 Å². The maximum atomic E-state index is 12.2. The van der Waals surface area contributed by atoms with Gasteiger partial charge >= 0.3 is 0 Å². The minimum absolute atomic E-state index is 0.350. The molecular formula is C16H24OS. The van der Waals surface area contributed by atoms with Crippen molar-refractivity contribution in [3.63, 3.8) is 0 Å². The third-order valence-corrected chi connectivity index (χ3v) is 4.96. The van der Waals surface area contributed by atoms with Crippen LogP contribution in [0.1, 0.15) is 57.4 Å². The first-order chi connectivity index (χ1) is 8.79. The highest BCUT2D eigenvalue weighted by atomic mass is 32.1. The lowest BCUT2D eigenvalue weighted by Gasteiger charge is -2.27. The van der Waals surface area contributed by atoms with Gasteiger partial charge in [-0.1, -0.05) is 26.2 Å². The summed E-state index contributed by atoms with van der Waals surface area (Å²) in [5, 5.41) is 4.16. The number of thiophene rings is 1. The first-order valence-electron chi connectivity index (χ1n) is 7.33. The summed E-state index contributed by atoms with van der Waals surface area (Å²) < 4.78 is 0. The van der Waals surface area contributed by atoms with E-state index in [0.717, 1.165) is 18.8 Å². The highest BCUT2D eigenvalue weighted by Crippen LogP contribution is 2.32. The van der Waals surface area contributed by atoms with Crippen LogP contribution in [0.15, 0.2) is 16.8 Å². The van der Waals surface area contributed by atoms with Crippen molar-refractivity contribution in [2.75, 3.05) is 0 Å². The molecule has 1 nitrogen and oxygen atoms in total. The summed E-state index contributed by atoms with van der Waals surface area (Å²) >= 11 is 1.69. The van der Waals surface area contributed by atoms with Crippen molar-refractivity contribution in [1.29, 1.82) is 0 Å². The van der Waals surface area contributed by atoms with E-state index >= 15 is 0 Å². The molecular weight excluding hydrogens is 240 g/mol. The van der Waals surface area contributed by atoms with Gasteiger partial charge in [0.05, 0.1) is 0 Å². The quantitative estimate of drug-likeness (QED) is 0.717. The van der Waals surface area contributed by atoms with Crippen molar-refractivity contribution < 1.29 is 4.79 Å². The van der Waals surface area contributed by atoms with Crippen molar-refractivity contribution in [2.45, 2.75) is 58.3 Å². The Hall–Kier alpha value is -0.630. The van der Waals surface area contributed by atoms with Crippen LogP contribution < -0.4 is 0 Å². The van der Waals surface area contributed by atoms with Crippen molar-refractivity contribution in [2.24, 2.45) is 11.8 Å². The summed E-state index contributed by atoms with van der Waals surface area (Å²) in [7, 11) is 0. The topological polar surface area (TPSA) is 17.1 Å². The fourth-order valence-electron chi connectivity index (χ4n) is 3.00. The normalized spacial score (nSPS) is 24.1. The number of ketones is 1. The Balaban J connectivity index is 1.73. The van der Waals surface area contributed by atoms with Crippen LogP contribution in [-0.4, -0.2) is 5.78 Å². The lowest BCUT2D eigenvalue weighted by Crippen LogP contribution is -2.23. The summed E-state index contributed by atoms with van der Waals surface area (Å²) in [5.41, 5.74) is 1.21. The fourth-order valence-corrected chi connectivity index (χ4v) is 3.67. The molecule has 0 unspecified atom stereocenters. The second-order valence-electron chi connectivity index (χ2n) is 5.63. The highest BCUT2D eigenvalue weighted by Gasteiger charge is 2.25. The summed E-state index contributed by atoms with van der Waals surface area (Å²) in [5.74, 6) is 1.72. The van der Waals surface area contributed by atoms with Crippen LogP contribution in [0.5, 0.6) is 0 Å². The number of carbonyl (C=O) groups excluding carboxylic acids is 1. The predicted octanol–water partition coefficient (Wildman–Crippen LogP) is 4.86. The molecule has 1 heterocycles. The van der Waals surface area contributed by atoms with E-state index in [-0.39, 0.29) is 0 Å². The lowest BCUT2D eigenvalue weighted by molar-refractivity contribution is -0.123. The van der Waals surface area contributed by atoms with E-state index in [4.69, 9.17) is 0 Å². The average molecular weight is 264 g/mol. The summed E-state index contributed by atoms with van der Waals surface area (Å²) in [6.45, 7) is 2.26. The van der Waals surface area contributed by atoms with E-state index in [1.807, 2.05) is 0 Å². The van der Waals surface area contributed by atoms with Crippen LogP contribution in [0.4, 0.5) is 0 Å². The van der Waals surface area contributed by atoms with Gasteiger partial charge in [0.25, 0.3) is 0 Å². The van der Waals surface area contributed by atoms with Gasteiger partial charge in [0.2, 0.25) is 0 Å². The van der Waals surface area contributed by atoms with Gasteiger partial charge in [0.15, 0.2) is 0 Å². The third kappa shape index (κ3) is 3.94. The average Bonchev–Trinajstić information content (AvgIpc) is 2.89. The van der Waals surface area contributed by atoms with E-state index in [9.17, 15) is 4.79 Å². The van der Waals surface area contributed by atoms with Gasteiger partial charge in [-0.15, -0.1) is 0 Å². The molecule has 2 rings (SSSR count). The molecule has 0 saturated heterocycles. The number of Topliss-reactive ketones (excluding diaryl/α,β-unsaturated/α-hetero) is 1. The summed E-state index contributed by atoms with van der Waals surface area (Å²) in [6, 6.07) is 2.08. The molecule has 0 spiro atoms. The Kier molecular flexibility index (Phi) is 5.43. The molecule has 100 valence electrons. The number of carbonyl (C=O) groups is 1. The fraction of sp³-hybridized carbons (Fsp3) is 0.688. The van der Waals surface area contributed by atoms with Gasteiger partial charge in [0, 0.05) is 12.3 Å². The zero-order chi connectivity index (χ0) is 12.8. The van der Waals surface area contributed by atoms with Crippen LogP contribution in [0.2, 0.25) is 0 Å². The molecule has 0 atom stereocenters. The van der Waals surface area contributed by atoms with Crippen molar-refractivity contribution in [3.05, 3.63) is 22.4 Å².